The molecule has 0 radical (unpaired) electrons. The maximum absolute atomic E-state index is 14.1. The number of carbonyl (C=O) groups is 3. The summed E-state index contributed by atoms with van der Waals surface area (Å²) in [6, 6.07) is 15.5. The summed E-state index contributed by atoms with van der Waals surface area (Å²) in [5.74, 6) is -1.10. The van der Waals surface area contributed by atoms with Crippen LogP contribution in [0.3, 0.4) is 0 Å². The van der Waals surface area contributed by atoms with Gasteiger partial charge in [0.2, 0.25) is 5.91 Å². The van der Waals surface area contributed by atoms with Gasteiger partial charge in [-0.1, -0.05) is 68.5 Å². The summed E-state index contributed by atoms with van der Waals surface area (Å²) in [4.78, 5) is 39.7. The largest absolute Gasteiger partial charge is 1.00 e. The van der Waals surface area contributed by atoms with Gasteiger partial charge < -0.3 is 20.5 Å². The molecule has 0 saturated heterocycles. The Morgan fingerprint density at radius 3 is 2.02 bits per heavy atom. The molecule has 3 aliphatic carbocycles. The van der Waals surface area contributed by atoms with Crippen molar-refractivity contribution in [3.05, 3.63) is 88.0 Å². The van der Waals surface area contributed by atoms with Crippen LogP contribution in [0.2, 0.25) is 0 Å². The first-order valence-electron chi connectivity index (χ1n) is 16.4. The normalized spacial score (nSPS) is 19.5. The molecular weight excluding hydrogens is 677 g/mol. The van der Waals surface area contributed by atoms with E-state index in [9.17, 15) is 27.4 Å². The molecule has 3 aromatic rings. The van der Waals surface area contributed by atoms with E-state index >= 15 is 0 Å². The molecule has 12 heteroatoms. The number of hydrogen-bond donors (Lipinski definition) is 3. The zero-order valence-electron chi connectivity index (χ0n) is 27.1. The Bertz CT molecular complexity index is 1810. The van der Waals surface area contributed by atoms with Crippen molar-refractivity contribution in [2.45, 2.75) is 87.7 Å². The fraction of sp³-hybridized carbons (Fsp3) is 0.417. The fourth-order valence-corrected chi connectivity index (χ4v) is 8.37. The van der Waals surface area contributed by atoms with Crippen molar-refractivity contribution >= 4 is 50.6 Å². The first kappa shape index (κ1) is 37.2. The van der Waals surface area contributed by atoms with Crippen molar-refractivity contribution in [2.75, 3.05) is 16.5 Å². The molecule has 9 nitrogen and oxygen atoms in total. The molecule has 0 bridgehead atoms. The minimum Gasteiger partial charge on any atom is -0.744 e. The van der Waals surface area contributed by atoms with Gasteiger partial charge in [-0.3, -0.25) is 14.4 Å². The number of halogens is 1. The summed E-state index contributed by atoms with van der Waals surface area (Å²) >= 11 is 5.65. The molecular formula is C36H39ClKN3O6S. The van der Waals surface area contributed by atoms with E-state index < -0.39 is 16.0 Å². The molecule has 3 N–H and O–H groups in total. The zero-order valence-corrected chi connectivity index (χ0v) is 31.8. The molecule has 2 saturated carbocycles. The predicted molar refractivity (Wildman–Crippen MR) is 180 cm³/mol. The molecule has 2 fully saturated rings. The van der Waals surface area contributed by atoms with E-state index in [0.29, 0.717) is 45.6 Å². The van der Waals surface area contributed by atoms with E-state index in [0.717, 1.165) is 51.4 Å². The van der Waals surface area contributed by atoms with Gasteiger partial charge in [0.15, 0.2) is 11.6 Å². The van der Waals surface area contributed by atoms with E-state index in [1.54, 1.807) is 36.4 Å². The first-order chi connectivity index (χ1) is 22.7. The third kappa shape index (κ3) is 8.10. The maximum Gasteiger partial charge on any atom is 1.00 e. The van der Waals surface area contributed by atoms with Crippen molar-refractivity contribution < 1.29 is 78.7 Å². The summed E-state index contributed by atoms with van der Waals surface area (Å²) in [5.41, 5.74) is 3.79. The Kier molecular flexibility index (Phi) is 12.6. The molecule has 0 aromatic heterocycles. The Morgan fingerprint density at radius 1 is 0.792 bits per heavy atom. The van der Waals surface area contributed by atoms with Crippen LogP contribution < -0.4 is 67.3 Å². The Morgan fingerprint density at radius 2 is 1.40 bits per heavy atom. The van der Waals surface area contributed by atoms with Crippen LogP contribution in [-0.4, -0.2) is 48.4 Å². The molecule has 48 heavy (non-hydrogen) atoms. The minimum absolute atomic E-state index is 0. The van der Waals surface area contributed by atoms with Crippen molar-refractivity contribution in [3.63, 3.8) is 0 Å². The number of benzene rings is 3. The predicted octanol–water partition coefficient (Wildman–Crippen LogP) is 3.18. The molecule has 0 spiro atoms. The third-order valence-electron chi connectivity index (χ3n) is 9.86. The van der Waals surface area contributed by atoms with E-state index in [4.69, 9.17) is 11.6 Å². The molecule has 0 heterocycles. The standard InChI is InChI=1S/C36H40ClN3O6S.K/c37-20-32(41)38-21-27-22(10-8-16-31(27)47(44,45)46)19-23-9-4-7-15-28(23)40-30-18-17-29(39-24-11-2-1-3-12-24)33-34(30)36(43)26-14-6-5-13-25(26)35(33)42;/h5-6,8,10,13-14,16-18,23-24,28,39-40H,1-4,7,9,11-12,15,19-21H2,(H,38,41)(H,44,45,46);/q;+1/p-1. The van der Waals surface area contributed by atoms with Gasteiger partial charge in [0.05, 0.1) is 16.0 Å². The smallest absolute Gasteiger partial charge is 0.744 e. The molecule has 0 aliphatic heterocycles. The first-order valence-corrected chi connectivity index (χ1v) is 18.4. The van der Waals surface area contributed by atoms with Gasteiger partial charge >= 0.3 is 51.4 Å². The average Bonchev–Trinajstić information content (AvgIpc) is 3.07. The van der Waals surface area contributed by atoms with Crippen LogP contribution in [0.4, 0.5) is 11.4 Å². The van der Waals surface area contributed by atoms with Crippen LogP contribution in [0.1, 0.15) is 101 Å². The molecule has 2 unspecified atom stereocenters. The van der Waals surface area contributed by atoms with Crippen LogP contribution in [0.5, 0.6) is 0 Å². The van der Waals surface area contributed by atoms with Crippen molar-refractivity contribution in [2.24, 2.45) is 5.92 Å². The van der Waals surface area contributed by atoms with Crippen molar-refractivity contribution in [1.29, 1.82) is 0 Å². The van der Waals surface area contributed by atoms with Gasteiger partial charge in [-0.2, -0.15) is 0 Å². The number of ketones is 2. The van der Waals surface area contributed by atoms with Crippen molar-refractivity contribution in [1.82, 2.24) is 5.32 Å². The molecule has 2 atom stereocenters. The van der Waals surface area contributed by atoms with E-state index in [1.165, 1.54) is 12.5 Å². The second-order valence-electron chi connectivity index (χ2n) is 12.9. The van der Waals surface area contributed by atoms with Crippen LogP contribution in [0.25, 0.3) is 0 Å². The van der Waals surface area contributed by atoms with E-state index in [1.807, 2.05) is 12.1 Å². The van der Waals surface area contributed by atoms with Gasteiger partial charge in [0, 0.05) is 41.1 Å². The van der Waals surface area contributed by atoms with Gasteiger partial charge in [0.1, 0.15) is 16.0 Å². The number of anilines is 2. The fourth-order valence-electron chi connectivity index (χ4n) is 7.53. The summed E-state index contributed by atoms with van der Waals surface area (Å²) in [6.45, 7) is -0.137. The number of fused-ring (bicyclic) bond motifs is 2. The average molecular weight is 716 g/mol. The monoisotopic (exact) mass is 715 g/mol. The Balaban J connectivity index is 0.00000451. The second kappa shape index (κ2) is 16.3. The zero-order chi connectivity index (χ0) is 33.1. The summed E-state index contributed by atoms with van der Waals surface area (Å²) in [6.07, 6.45) is 9.50. The quantitative estimate of drug-likeness (QED) is 0.129. The number of rotatable bonds is 10. The van der Waals surface area contributed by atoms with Gasteiger partial charge in [0.25, 0.3) is 0 Å². The number of hydrogen-bond acceptors (Lipinski definition) is 8. The SMILES string of the molecule is O=C(CCl)NCc1c(CC2CCCCC2Nc2ccc(NC3CCCCC3)c3c2C(=O)c2ccccc2C3=O)cccc1S(=O)(=O)[O-].[K+]. The Labute approximate surface area is 329 Å². The number of amides is 1. The molecule has 1 amide bonds. The van der Waals surface area contributed by atoms with Gasteiger partial charge in [-0.15, -0.1) is 11.6 Å². The molecule has 3 aromatic carbocycles. The van der Waals surface area contributed by atoms with Crippen LogP contribution in [0, 0.1) is 5.92 Å². The molecule has 6 rings (SSSR count). The number of alkyl halides is 1. The van der Waals surface area contributed by atoms with Crippen LogP contribution in [-0.2, 0) is 27.9 Å². The molecule has 248 valence electrons. The maximum atomic E-state index is 14.1. The molecule has 3 aliphatic rings. The second-order valence-corrected chi connectivity index (χ2v) is 14.5. The third-order valence-corrected chi connectivity index (χ3v) is 11.0. The summed E-state index contributed by atoms with van der Waals surface area (Å²) in [7, 11) is -4.80. The van der Waals surface area contributed by atoms with Gasteiger partial charge in [-0.25, -0.2) is 8.42 Å². The van der Waals surface area contributed by atoms with Crippen LogP contribution in [0.15, 0.2) is 59.5 Å². The Hall–Kier alpha value is -2.09. The van der Waals surface area contributed by atoms with E-state index in [2.05, 4.69) is 16.0 Å². The topological polar surface area (TPSA) is 144 Å². The van der Waals surface area contributed by atoms with Crippen molar-refractivity contribution in [3.8, 4) is 0 Å². The summed E-state index contributed by atoms with van der Waals surface area (Å²) < 4.78 is 36.5. The van der Waals surface area contributed by atoms with Gasteiger partial charge in [-0.05, 0) is 67.3 Å². The number of carbonyl (C=O) groups excluding carboxylic acids is 3. The van der Waals surface area contributed by atoms with E-state index in [-0.39, 0.29) is 104 Å². The minimum atomic E-state index is -4.80. The van der Waals surface area contributed by atoms with Crippen LogP contribution >= 0.6 is 11.6 Å². The number of nitrogens with one attached hydrogen (secondary N) is 3. The summed E-state index contributed by atoms with van der Waals surface area (Å²) in [5, 5.41) is 9.86.